The average Bonchev–Trinajstić information content (AvgIpc) is 2.75. The number of hydrogen-bond acceptors (Lipinski definition) is 4. The Labute approximate surface area is 126 Å². The van der Waals surface area contributed by atoms with Crippen molar-refractivity contribution in [1.29, 1.82) is 0 Å². The normalized spacial score (nSPS) is 18.4. The summed E-state index contributed by atoms with van der Waals surface area (Å²) in [5.74, 6) is 0.703. The highest BCUT2D eigenvalue weighted by atomic mass is 32.1. The maximum atomic E-state index is 12.7. The number of thiophene rings is 1. The van der Waals surface area contributed by atoms with Gasteiger partial charge in [-0.15, -0.1) is 11.3 Å². The highest BCUT2D eigenvalue weighted by Gasteiger charge is 2.23. The van der Waals surface area contributed by atoms with Crippen molar-refractivity contribution in [2.24, 2.45) is 5.92 Å². The van der Waals surface area contributed by atoms with Gasteiger partial charge in [0.1, 0.15) is 4.83 Å². The monoisotopic (exact) mass is 310 g/mol. The second-order valence-electron chi connectivity index (χ2n) is 5.44. The standard InChI is InChI=1S/C14H18N2O2S2/c1-8-3-4-9-10(7-8)20-12-11(9)13(17)16(5-6-18-2)14(19)15-12/h8H,3-7H2,1-2H3,(H,15,19)/t8-/m0/s1. The van der Waals surface area contributed by atoms with Gasteiger partial charge in [-0.3, -0.25) is 9.36 Å². The number of nitrogens with zero attached hydrogens (tertiary/aromatic N) is 1. The Hall–Kier alpha value is -0.980. The van der Waals surface area contributed by atoms with E-state index in [0.29, 0.717) is 23.8 Å². The number of fused-ring (bicyclic) bond motifs is 3. The van der Waals surface area contributed by atoms with E-state index in [2.05, 4.69) is 11.9 Å². The van der Waals surface area contributed by atoms with E-state index >= 15 is 0 Å². The molecule has 1 aliphatic rings. The quantitative estimate of drug-likeness (QED) is 0.887. The maximum Gasteiger partial charge on any atom is 0.263 e. The van der Waals surface area contributed by atoms with Crippen LogP contribution in [0.1, 0.15) is 23.8 Å². The summed E-state index contributed by atoms with van der Waals surface area (Å²) >= 11 is 7.00. The molecule has 2 aromatic heterocycles. The van der Waals surface area contributed by atoms with Gasteiger partial charge in [-0.05, 0) is 43.0 Å². The summed E-state index contributed by atoms with van der Waals surface area (Å²) in [5, 5.41) is 0.849. The van der Waals surface area contributed by atoms with E-state index in [4.69, 9.17) is 17.0 Å². The molecule has 4 nitrogen and oxygen atoms in total. The van der Waals surface area contributed by atoms with Crippen molar-refractivity contribution in [3.05, 3.63) is 25.6 Å². The fraction of sp³-hybridized carbons (Fsp3) is 0.571. The van der Waals surface area contributed by atoms with Gasteiger partial charge in [0.15, 0.2) is 4.77 Å². The molecule has 1 aliphatic carbocycles. The Bertz CT molecular complexity index is 757. The molecule has 1 atom stereocenters. The molecule has 0 amide bonds. The Morgan fingerprint density at radius 1 is 1.55 bits per heavy atom. The van der Waals surface area contributed by atoms with E-state index in [9.17, 15) is 4.79 Å². The van der Waals surface area contributed by atoms with E-state index < -0.39 is 0 Å². The largest absolute Gasteiger partial charge is 0.383 e. The highest BCUT2D eigenvalue weighted by molar-refractivity contribution is 7.71. The fourth-order valence-corrected chi connectivity index (χ4v) is 4.59. The number of H-pyrrole nitrogens is 1. The molecule has 6 heteroatoms. The third-order valence-corrected chi connectivity index (χ3v) is 5.45. The van der Waals surface area contributed by atoms with Gasteiger partial charge in [-0.2, -0.15) is 0 Å². The number of hydrogen-bond donors (Lipinski definition) is 1. The lowest BCUT2D eigenvalue weighted by molar-refractivity contribution is 0.185. The minimum atomic E-state index is 0.0350. The molecule has 0 aliphatic heterocycles. The van der Waals surface area contributed by atoms with Gasteiger partial charge in [-0.1, -0.05) is 6.92 Å². The van der Waals surface area contributed by atoms with Crippen molar-refractivity contribution < 1.29 is 4.74 Å². The van der Waals surface area contributed by atoms with E-state index in [0.717, 1.165) is 29.5 Å². The summed E-state index contributed by atoms with van der Waals surface area (Å²) in [6.07, 6.45) is 3.24. The van der Waals surface area contributed by atoms with Gasteiger partial charge < -0.3 is 9.72 Å². The first-order valence-corrected chi connectivity index (χ1v) is 8.10. The van der Waals surface area contributed by atoms with E-state index in [1.165, 1.54) is 10.4 Å². The number of methoxy groups -OCH3 is 1. The fourth-order valence-electron chi connectivity index (χ4n) is 2.84. The van der Waals surface area contributed by atoms with Crippen LogP contribution < -0.4 is 5.56 Å². The molecular weight excluding hydrogens is 292 g/mol. The Kier molecular flexibility index (Phi) is 3.79. The second kappa shape index (κ2) is 5.42. The van der Waals surface area contributed by atoms with Crippen molar-refractivity contribution in [3.63, 3.8) is 0 Å². The predicted octanol–water partition coefficient (Wildman–Crippen LogP) is 2.89. The average molecular weight is 310 g/mol. The van der Waals surface area contributed by atoms with Crippen LogP contribution in [-0.4, -0.2) is 23.3 Å². The zero-order chi connectivity index (χ0) is 14.3. The zero-order valence-electron chi connectivity index (χ0n) is 11.7. The van der Waals surface area contributed by atoms with E-state index in [1.54, 1.807) is 23.0 Å². The highest BCUT2D eigenvalue weighted by Crippen LogP contribution is 2.35. The number of nitrogens with one attached hydrogen (secondary N) is 1. The van der Waals surface area contributed by atoms with Gasteiger partial charge in [0.05, 0.1) is 18.5 Å². The third kappa shape index (κ3) is 2.25. The van der Waals surface area contributed by atoms with Gasteiger partial charge >= 0.3 is 0 Å². The van der Waals surface area contributed by atoms with Crippen LogP contribution in [0.3, 0.4) is 0 Å². The van der Waals surface area contributed by atoms with E-state index in [1.807, 2.05) is 0 Å². The van der Waals surface area contributed by atoms with Gasteiger partial charge in [0, 0.05) is 12.0 Å². The minimum Gasteiger partial charge on any atom is -0.383 e. The number of ether oxygens (including phenoxy) is 1. The van der Waals surface area contributed by atoms with Crippen molar-refractivity contribution in [2.75, 3.05) is 13.7 Å². The lowest BCUT2D eigenvalue weighted by atomic mass is 9.89. The van der Waals surface area contributed by atoms with Crippen molar-refractivity contribution >= 4 is 33.8 Å². The molecule has 0 fully saturated rings. The maximum absolute atomic E-state index is 12.7. The SMILES string of the molecule is COCCn1c(=S)[nH]c2sc3c(c2c1=O)CC[C@H](C)C3. The summed E-state index contributed by atoms with van der Waals surface area (Å²) in [6, 6.07) is 0. The van der Waals surface area contributed by atoms with Crippen LogP contribution in [0.2, 0.25) is 0 Å². The van der Waals surface area contributed by atoms with Crippen molar-refractivity contribution in [1.82, 2.24) is 9.55 Å². The lowest BCUT2D eigenvalue weighted by Crippen LogP contribution is -2.24. The second-order valence-corrected chi connectivity index (χ2v) is 6.93. The third-order valence-electron chi connectivity index (χ3n) is 3.96. The molecule has 0 radical (unpaired) electrons. The molecule has 2 aromatic rings. The molecular formula is C14H18N2O2S2. The van der Waals surface area contributed by atoms with E-state index in [-0.39, 0.29) is 5.56 Å². The van der Waals surface area contributed by atoms with Crippen LogP contribution in [0.15, 0.2) is 4.79 Å². The number of rotatable bonds is 3. The van der Waals surface area contributed by atoms with Crippen LogP contribution in [-0.2, 0) is 24.1 Å². The number of aryl methyl sites for hydroxylation is 1. The summed E-state index contributed by atoms with van der Waals surface area (Å²) in [7, 11) is 1.63. The van der Waals surface area contributed by atoms with Gasteiger partial charge in [0.25, 0.3) is 5.56 Å². The summed E-state index contributed by atoms with van der Waals surface area (Å²) in [4.78, 5) is 18.2. The van der Waals surface area contributed by atoms with Gasteiger partial charge in [-0.25, -0.2) is 0 Å². The molecule has 0 bridgehead atoms. The lowest BCUT2D eigenvalue weighted by Gasteiger charge is -2.17. The number of aromatic amines is 1. The first-order chi connectivity index (χ1) is 9.61. The Balaban J connectivity index is 2.21. The molecule has 0 unspecified atom stereocenters. The van der Waals surface area contributed by atoms with Crippen LogP contribution >= 0.6 is 23.6 Å². The van der Waals surface area contributed by atoms with Crippen LogP contribution in [0.25, 0.3) is 10.2 Å². The predicted molar refractivity (Wildman–Crippen MR) is 84.3 cm³/mol. The minimum absolute atomic E-state index is 0.0350. The van der Waals surface area contributed by atoms with Gasteiger partial charge in [0.2, 0.25) is 0 Å². The summed E-state index contributed by atoms with van der Waals surface area (Å²) < 4.78 is 7.17. The number of aromatic nitrogens is 2. The molecule has 0 saturated carbocycles. The Morgan fingerprint density at radius 3 is 3.10 bits per heavy atom. The molecule has 0 aromatic carbocycles. The molecule has 20 heavy (non-hydrogen) atoms. The summed E-state index contributed by atoms with van der Waals surface area (Å²) in [6.45, 7) is 3.26. The van der Waals surface area contributed by atoms with Crippen molar-refractivity contribution in [2.45, 2.75) is 32.7 Å². The molecule has 0 saturated heterocycles. The van der Waals surface area contributed by atoms with Crippen LogP contribution in [0, 0.1) is 10.7 Å². The first-order valence-electron chi connectivity index (χ1n) is 6.88. The molecule has 0 spiro atoms. The molecule has 1 N–H and O–H groups in total. The topological polar surface area (TPSA) is 47.0 Å². The molecule has 3 rings (SSSR count). The molecule has 2 heterocycles. The van der Waals surface area contributed by atoms with Crippen LogP contribution in [0.4, 0.5) is 0 Å². The zero-order valence-corrected chi connectivity index (χ0v) is 13.3. The van der Waals surface area contributed by atoms with Crippen molar-refractivity contribution in [3.8, 4) is 0 Å². The molecule has 108 valence electrons. The smallest absolute Gasteiger partial charge is 0.263 e. The summed E-state index contributed by atoms with van der Waals surface area (Å²) in [5.41, 5.74) is 1.28. The first kappa shape index (κ1) is 14.0. The van der Waals surface area contributed by atoms with Crippen LogP contribution in [0.5, 0.6) is 0 Å². The Morgan fingerprint density at radius 2 is 2.35 bits per heavy atom.